The second-order valence-electron chi connectivity index (χ2n) is 8.48. The zero-order valence-electron chi connectivity index (χ0n) is 16.1. The summed E-state index contributed by atoms with van der Waals surface area (Å²) in [7, 11) is 0. The van der Waals surface area contributed by atoms with E-state index in [4.69, 9.17) is 4.74 Å². The molecule has 0 amide bonds. The Morgan fingerprint density at radius 3 is 2.00 bits per heavy atom. The summed E-state index contributed by atoms with van der Waals surface area (Å²) in [5, 5.41) is 0. The second kappa shape index (κ2) is 10.0. The Labute approximate surface area is 144 Å². The summed E-state index contributed by atoms with van der Waals surface area (Å²) in [6, 6.07) is 0. The number of piperidine rings is 2. The van der Waals surface area contributed by atoms with E-state index < -0.39 is 0 Å². The molecule has 1 unspecified atom stereocenters. The molecule has 0 aliphatic carbocycles. The van der Waals surface area contributed by atoms with Crippen molar-refractivity contribution < 1.29 is 4.74 Å². The van der Waals surface area contributed by atoms with Crippen molar-refractivity contribution in [2.45, 2.75) is 65.9 Å². The minimum atomic E-state index is 0.525. The van der Waals surface area contributed by atoms with Crippen LogP contribution in [0.2, 0.25) is 0 Å². The molecule has 0 spiro atoms. The molecule has 0 aromatic heterocycles. The number of likely N-dealkylation sites (tertiary alicyclic amines) is 2. The third kappa shape index (κ3) is 7.11. The van der Waals surface area contributed by atoms with E-state index in [-0.39, 0.29) is 0 Å². The molecule has 2 aliphatic heterocycles. The van der Waals surface area contributed by atoms with Gasteiger partial charge in [-0.15, -0.1) is 0 Å². The summed E-state index contributed by atoms with van der Waals surface area (Å²) in [6.07, 6.45) is 6.97. The van der Waals surface area contributed by atoms with Gasteiger partial charge in [-0.1, -0.05) is 34.1 Å². The molecule has 0 saturated carbocycles. The molecule has 0 radical (unpaired) electrons. The zero-order chi connectivity index (χ0) is 16.7. The van der Waals surface area contributed by atoms with Crippen LogP contribution in [-0.2, 0) is 4.74 Å². The molecule has 0 aromatic carbocycles. The van der Waals surface area contributed by atoms with Gasteiger partial charge in [0.05, 0.1) is 6.10 Å². The number of ether oxygens (including phenoxy) is 1. The Bertz CT molecular complexity index is 305. The van der Waals surface area contributed by atoms with E-state index in [1.807, 2.05) is 0 Å². The highest BCUT2D eigenvalue weighted by Gasteiger charge is 2.24. The molecule has 23 heavy (non-hydrogen) atoms. The van der Waals surface area contributed by atoms with Crippen LogP contribution in [0, 0.1) is 17.8 Å². The van der Waals surface area contributed by atoms with E-state index >= 15 is 0 Å². The van der Waals surface area contributed by atoms with Crippen LogP contribution in [0.5, 0.6) is 0 Å². The monoisotopic (exact) mass is 324 g/mol. The molecule has 0 N–H and O–H groups in total. The van der Waals surface area contributed by atoms with Gasteiger partial charge in [-0.25, -0.2) is 0 Å². The lowest BCUT2D eigenvalue weighted by molar-refractivity contribution is -0.0210. The number of hydrogen-bond acceptors (Lipinski definition) is 3. The third-order valence-electron chi connectivity index (χ3n) is 5.70. The van der Waals surface area contributed by atoms with Crippen molar-refractivity contribution in [3.8, 4) is 0 Å². The lowest BCUT2D eigenvalue weighted by Crippen LogP contribution is -2.40. The van der Waals surface area contributed by atoms with Crippen molar-refractivity contribution in [1.29, 1.82) is 0 Å². The third-order valence-corrected chi connectivity index (χ3v) is 5.70. The maximum atomic E-state index is 6.27. The summed E-state index contributed by atoms with van der Waals surface area (Å²) in [4.78, 5) is 5.27. The van der Waals surface area contributed by atoms with Crippen LogP contribution in [0.25, 0.3) is 0 Å². The molecular formula is C20H40N2O. The van der Waals surface area contributed by atoms with Crippen molar-refractivity contribution in [3.63, 3.8) is 0 Å². The van der Waals surface area contributed by atoms with Gasteiger partial charge in [0, 0.05) is 32.8 Å². The van der Waals surface area contributed by atoms with Crippen molar-refractivity contribution in [1.82, 2.24) is 9.80 Å². The molecule has 1 atom stereocenters. The molecule has 2 heterocycles. The van der Waals surface area contributed by atoms with Crippen molar-refractivity contribution >= 4 is 0 Å². The van der Waals surface area contributed by atoms with E-state index in [9.17, 15) is 0 Å². The van der Waals surface area contributed by atoms with Gasteiger partial charge in [0.15, 0.2) is 0 Å². The lowest BCUT2D eigenvalue weighted by Gasteiger charge is -2.36. The predicted molar refractivity (Wildman–Crippen MR) is 98.9 cm³/mol. The van der Waals surface area contributed by atoms with Crippen LogP contribution in [0.1, 0.15) is 59.8 Å². The van der Waals surface area contributed by atoms with E-state index in [1.165, 1.54) is 71.4 Å². The first kappa shape index (κ1) is 19.2. The van der Waals surface area contributed by atoms with Crippen molar-refractivity contribution in [2.75, 3.05) is 45.9 Å². The van der Waals surface area contributed by atoms with E-state index in [0.717, 1.165) is 24.4 Å². The van der Waals surface area contributed by atoms with Crippen LogP contribution in [0.4, 0.5) is 0 Å². The SMILES string of the molecule is CCC(C)CN1CCC(COC2CCN(CC(C)C)CC2)CC1. The summed E-state index contributed by atoms with van der Waals surface area (Å²) in [5.74, 6) is 2.43. The summed E-state index contributed by atoms with van der Waals surface area (Å²) in [6.45, 7) is 17.9. The minimum Gasteiger partial charge on any atom is -0.378 e. The summed E-state index contributed by atoms with van der Waals surface area (Å²) < 4.78 is 6.27. The fourth-order valence-electron chi connectivity index (χ4n) is 3.95. The topological polar surface area (TPSA) is 15.7 Å². The smallest absolute Gasteiger partial charge is 0.0599 e. The van der Waals surface area contributed by atoms with Gasteiger partial charge < -0.3 is 14.5 Å². The van der Waals surface area contributed by atoms with Crippen molar-refractivity contribution in [2.24, 2.45) is 17.8 Å². The predicted octanol–water partition coefficient (Wildman–Crippen LogP) is 3.88. The Morgan fingerprint density at radius 2 is 1.43 bits per heavy atom. The largest absolute Gasteiger partial charge is 0.378 e. The fourth-order valence-corrected chi connectivity index (χ4v) is 3.95. The average Bonchev–Trinajstić information content (AvgIpc) is 2.55. The van der Waals surface area contributed by atoms with Crippen LogP contribution in [-0.4, -0.2) is 61.8 Å². The molecule has 2 fully saturated rings. The van der Waals surface area contributed by atoms with E-state index in [2.05, 4.69) is 37.5 Å². The molecule has 3 nitrogen and oxygen atoms in total. The number of hydrogen-bond donors (Lipinski definition) is 0. The molecule has 3 heteroatoms. The van der Waals surface area contributed by atoms with Gasteiger partial charge in [0.1, 0.15) is 0 Å². The first-order chi connectivity index (χ1) is 11.1. The van der Waals surface area contributed by atoms with Crippen LogP contribution < -0.4 is 0 Å². The highest BCUT2D eigenvalue weighted by molar-refractivity contribution is 4.76. The second-order valence-corrected chi connectivity index (χ2v) is 8.48. The molecule has 136 valence electrons. The first-order valence-corrected chi connectivity index (χ1v) is 10.1. The average molecular weight is 325 g/mol. The quantitative estimate of drug-likeness (QED) is 0.674. The number of nitrogens with zero attached hydrogens (tertiary/aromatic N) is 2. The molecule has 0 bridgehead atoms. The van der Waals surface area contributed by atoms with Crippen LogP contribution >= 0.6 is 0 Å². The highest BCUT2D eigenvalue weighted by Crippen LogP contribution is 2.22. The van der Waals surface area contributed by atoms with Gasteiger partial charge in [0.2, 0.25) is 0 Å². The molecule has 2 saturated heterocycles. The standard InChI is InChI=1S/C20H40N2O/c1-5-18(4)15-22-10-6-19(7-11-22)16-23-20-8-12-21(13-9-20)14-17(2)3/h17-20H,5-16H2,1-4H3. The Kier molecular flexibility index (Phi) is 8.35. The van der Waals surface area contributed by atoms with Gasteiger partial charge >= 0.3 is 0 Å². The molecule has 0 aromatic rings. The van der Waals surface area contributed by atoms with Crippen LogP contribution in [0.3, 0.4) is 0 Å². The zero-order valence-corrected chi connectivity index (χ0v) is 16.1. The Hall–Kier alpha value is -0.120. The minimum absolute atomic E-state index is 0.525. The normalized spacial score (nSPS) is 24.4. The summed E-state index contributed by atoms with van der Waals surface area (Å²) in [5.41, 5.74) is 0. The van der Waals surface area contributed by atoms with E-state index in [1.54, 1.807) is 0 Å². The number of rotatable bonds is 8. The Morgan fingerprint density at radius 1 is 0.870 bits per heavy atom. The molecule has 2 aliphatic rings. The molecular weight excluding hydrogens is 284 g/mol. The van der Waals surface area contributed by atoms with E-state index in [0.29, 0.717) is 6.10 Å². The van der Waals surface area contributed by atoms with Crippen LogP contribution in [0.15, 0.2) is 0 Å². The lowest BCUT2D eigenvalue weighted by atomic mass is 9.96. The maximum Gasteiger partial charge on any atom is 0.0599 e. The highest BCUT2D eigenvalue weighted by atomic mass is 16.5. The van der Waals surface area contributed by atoms with Gasteiger partial charge in [0.25, 0.3) is 0 Å². The van der Waals surface area contributed by atoms with Gasteiger partial charge in [-0.2, -0.15) is 0 Å². The Balaban J connectivity index is 1.56. The fraction of sp³-hybridized carbons (Fsp3) is 1.00. The van der Waals surface area contributed by atoms with Gasteiger partial charge in [-0.05, 0) is 56.5 Å². The maximum absolute atomic E-state index is 6.27. The van der Waals surface area contributed by atoms with Crippen molar-refractivity contribution in [3.05, 3.63) is 0 Å². The summed E-state index contributed by atoms with van der Waals surface area (Å²) >= 11 is 0. The van der Waals surface area contributed by atoms with Gasteiger partial charge in [-0.3, -0.25) is 0 Å². The first-order valence-electron chi connectivity index (χ1n) is 10.1. The molecule has 2 rings (SSSR count).